The van der Waals surface area contributed by atoms with Gasteiger partial charge in [0, 0.05) is 25.5 Å². The Morgan fingerprint density at radius 2 is 0.978 bits per heavy atom. The summed E-state index contributed by atoms with van der Waals surface area (Å²) in [6.45, 7) is 8.53. The van der Waals surface area contributed by atoms with E-state index in [-0.39, 0.29) is 22.0 Å². The summed E-state index contributed by atoms with van der Waals surface area (Å²) in [5.41, 5.74) is 2.14. The first-order chi connectivity index (χ1) is 21.2. The van der Waals surface area contributed by atoms with Gasteiger partial charge >= 0.3 is 0 Å². The Labute approximate surface area is 262 Å². The molecule has 0 saturated heterocycles. The minimum absolute atomic E-state index is 0.0291. The van der Waals surface area contributed by atoms with E-state index in [1.165, 1.54) is 12.1 Å². The molecule has 0 bridgehead atoms. The highest BCUT2D eigenvalue weighted by atomic mass is 19.1. The molecule has 4 aromatic rings. The number of aromatic nitrogens is 6. The molecule has 0 aromatic carbocycles. The van der Waals surface area contributed by atoms with Crippen LogP contribution in [0.3, 0.4) is 0 Å². The van der Waals surface area contributed by atoms with Gasteiger partial charge in [-0.1, -0.05) is 39.5 Å². The molecule has 0 aliphatic heterocycles. The molecule has 4 heterocycles. The zero-order valence-corrected chi connectivity index (χ0v) is 27.1. The number of hydrogen-bond donors (Lipinski definition) is 0. The number of imidazole rings is 2. The van der Waals surface area contributed by atoms with Gasteiger partial charge in [-0.2, -0.15) is 27.5 Å². The first-order valence-electron chi connectivity index (χ1n) is 16.0. The summed E-state index contributed by atoms with van der Waals surface area (Å²) in [5, 5.41) is 0. The average Bonchev–Trinajstić information content (AvgIpc) is 3.74. The van der Waals surface area contributed by atoms with Crippen molar-refractivity contribution in [1.29, 1.82) is 0 Å². The predicted molar refractivity (Wildman–Crippen MR) is 165 cm³/mol. The molecule has 6 nitrogen and oxygen atoms in total. The Morgan fingerprint density at radius 1 is 0.622 bits per heavy atom. The molecule has 10 heteroatoms. The number of hydrogen-bond acceptors (Lipinski definition) is 4. The summed E-state index contributed by atoms with van der Waals surface area (Å²) in [6, 6.07) is 5.12. The van der Waals surface area contributed by atoms with Gasteiger partial charge in [0.15, 0.2) is 0 Å². The zero-order valence-electron chi connectivity index (χ0n) is 27.1. The third-order valence-electron chi connectivity index (χ3n) is 10.5. The van der Waals surface area contributed by atoms with Crippen molar-refractivity contribution in [2.75, 3.05) is 0 Å². The van der Waals surface area contributed by atoms with Gasteiger partial charge in [0.2, 0.25) is 23.8 Å². The second kappa shape index (κ2) is 11.4. The van der Waals surface area contributed by atoms with Crippen molar-refractivity contribution >= 4 is 0 Å². The first-order valence-corrected chi connectivity index (χ1v) is 16.0. The number of rotatable bonds is 8. The van der Waals surface area contributed by atoms with E-state index < -0.39 is 29.2 Å². The maximum Gasteiger partial charge on any atom is 0.225 e. The lowest BCUT2D eigenvalue weighted by Gasteiger charge is -2.27. The highest BCUT2D eigenvalue weighted by Gasteiger charge is 2.40. The molecule has 2 aliphatic carbocycles. The maximum atomic E-state index is 15.2. The van der Waals surface area contributed by atoms with Gasteiger partial charge in [-0.25, -0.2) is 9.97 Å². The highest BCUT2D eigenvalue weighted by Crippen LogP contribution is 2.46. The lowest BCUT2D eigenvalue weighted by atomic mass is 9.83. The van der Waals surface area contributed by atoms with Crippen LogP contribution in [-0.2, 0) is 32.4 Å². The van der Waals surface area contributed by atoms with Gasteiger partial charge in [0.25, 0.3) is 0 Å². The van der Waals surface area contributed by atoms with Crippen molar-refractivity contribution in [3.63, 3.8) is 0 Å². The van der Waals surface area contributed by atoms with Crippen LogP contribution >= 0.6 is 0 Å². The summed E-state index contributed by atoms with van der Waals surface area (Å²) in [7, 11) is 3.87. The summed E-state index contributed by atoms with van der Waals surface area (Å²) >= 11 is 0. The van der Waals surface area contributed by atoms with Crippen LogP contribution in [0.2, 0.25) is 0 Å². The molecular formula is C35H42F4N6. The molecule has 0 N–H and O–H groups in total. The Bertz CT molecular complexity index is 1620. The molecular weight excluding hydrogens is 580 g/mol. The maximum absolute atomic E-state index is 15.2. The Hall–Kier alpha value is -3.56. The van der Waals surface area contributed by atoms with E-state index in [9.17, 15) is 8.78 Å². The van der Waals surface area contributed by atoms with Gasteiger partial charge in [0.05, 0.1) is 27.9 Å². The van der Waals surface area contributed by atoms with Crippen LogP contribution in [0.1, 0.15) is 102 Å². The van der Waals surface area contributed by atoms with Crippen molar-refractivity contribution in [2.24, 2.45) is 24.9 Å². The van der Waals surface area contributed by atoms with Crippen LogP contribution in [0.4, 0.5) is 17.6 Å². The second-order valence-corrected chi connectivity index (χ2v) is 14.5. The van der Waals surface area contributed by atoms with E-state index in [1.54, 1.807) is 0 Å². The Morgan fingerprint density at radius 3 is 1.31 bits per heavy atom. The van der Waals surface area contributed by atoms with Crippen LogP contribution < -0.4 is 0 Å². The Balaban J connectivity index is 1.53. The van der Waals surface area contributed by atoms with Crippen molar-refractivity contribution in [3.8, 4) is 22.5 Å². The molecule has 0 atom stereocenters. The first kappa shape index (κ1) is 31.4. The fourth-order valence-corrected chi connectivity index (χ4v) is 7.91. The van der Waals surface area contributed by atoms with Crippen LogP contribution in [0.15, 0.2) is 24.3 Å². The quantitative estimate of drug-likeness (QED) is 0.146. The summed E-state index contributed by atoms with van der Waals surface area (Å²) < 4.78 is 62.2. The van der Waals surface area contributed by atoms with E-state index in [2.05, 4.69) is 23.8 Å². The standard InChI is InChI=1S/C35H42F4N6/c1-33(2,31-42-27(21-11-13-25(36)40-29(21)38)23(44(31)5)19-34(3)15-7-8-16-34)32-43-28(22-12-14-26(37)41-30(22)39)24(45(32)6)20-35(4)17-9-10-18-35/h11-14H,7-10,15-20H2,1-6H3. The smallest absolute Gasteiger partial charge is 0.225 e. The third-order valence-corrected chi connectivity index (χ3v) is 10.5. The lowest BCUT2D eigenvalue weighted by molar-refractivity contribution is 0.325. The number of pyridine rings is 2. The fourth-order valence-electron chi connectivity index (χ4n) is 7.91. The summed E-state index contributed by atoms with van der Waals surface area (Å²) in [5.74, 6) is -2.28. The minimum atomic E-state index is -0.902. The van der Waals surface area contributed by atoms with Gasteiger partial charge in [-0.05, 0) is 87.5 Å². The highest BCUT2D eigenvalue weighted by molar-refractivity contribution is 5.64. The van der Waals surface area contributed by atoms with E-state index >= 15 is 8.78 Å². The van der Waals surface area contributed by atoms with E-state index in [0.29, 0.717) is 35.9 Å². The molecule has 2 fully saturated rings. The topological polar surface area (TPSA) is 61.4 Å². The molecule has 2 aliphatic rings. The molecule has 6 rings (SSSR count). The van der Waals surface area contributed by atoms with Crippen molar-refractivity contribution in [2.45, 2.75) is 97.3 Å². The average molecular weight is 623 g/mol. The molecule has 45 heavy (non-hydrogen) atoms. The van der Waals surface area contributed by atoms with Crippen LogP contribution in [0.25, 0.3) is 22.5 Å². The zero-order chi connectivity index (χ0) is 32.3. The largest absolute Gasteiger partial charge is 0.334 e. The van der Waals surface area contributed by atoms with Crippen molar-refractivity contribution in [3.05, 3.63) is 71.1 Å². The van der Waals surface area contributed by atoms with Gasteiger partial charge in [0.1, 0.15) is 11.6 Å². The number of nitrogens with zero attached hydrogens (tertiary/aromatic N) is 6. The van der Waals surface area contributed by atoms with Crippen LogP contribution in [-0.4, -0.2) is 29.1 Å². The van der Waals surface area contributed by atoms with Gasteiger partial charge < -0.3 is 9.13 Å². The van der Waals surface area contributed by atoms with Gasteiger partial charge in [-0.15, -0.1) is 0 Å². The van der Waals surface area contributed by atoms with Crippen LogP contribution in [0.5, 0.6) is 0 Å². The number of halogens is 4. The molecule has 0 spiro atoms. The summed E-state index contributed by atoms with van der Waals surface area (Å²) in [6.07, 6.45) is 10.2. The molecule has 240 valence electrons. The monoisotopic (exact) mass is 622 g/mol. The van der Waals surface area contributed by atoms with E-state index in [4.69, 9.17) is 9.97 Å². The van der Waals surface area contributed by atoms with E-state index in [0.717, 1.165) is 74.9 Å². The molecule has 0 radical (unpaired) electrons. The molecule has 0 amide bonds. The normalized spacial score (nSPS) is 17.8. The predicted octanol–water partition coefficient (Wildman–Crippen LogP) is 8.41. The lowest BCUT2D eigenvalue weighted by Crippen LogP contribution is -2.29. The fraction of sp³-hybridized carbons (Fsp3) is 0.543. The van der Waals surface area contributed by atoms with Gasteiger partial charge in [-0.3, -0.25) is 0 Å². The SMILES string of the molecule is Cn1c(C(C)(C)c2nc(-c3ccc(F)nc3F)c(CC3(C)CCCC3)n2C)nc(-c2ccc(F)nc2F)c1CC1(C)CCCC1. The van der Waals surface area contributed by atoms with Crippen molar-refractivity contribution < 1.29 is 17.6 Å². The van der Waals surface area contributed by atoms with Crippen LogP contribution in [0, 0.1) is 34.6 Å². The van der Waals surface area contributed by atoms with Crippen molar-refractivity contribution in [1.82, 2.24) is 29.1 Å². The molecule has 4 aromatic heterocycles. The second-order valence-electron chi connectivity index (χ2n) is 14.5. The van der Waals surface area contributed by atoms with E-state index in [1.807, 2.05) is 37.1 Å². The summed E-state index contributed by atoms with van der Waals surface area (Å²) in [4.78, 5) is 17.1. The molecule has 0 unspecified atom stereocenters. The molecule has 2 saturated carbocycles. The minimum Gasteiger partial charge on any atom is -0.334 e. The Kier molecular flexibility index (Phi) is 7.93. The third kappa shape index (κ3) is 5.69.